The predicted molar refractivity (Wildman–Crippen MR) is 102 cm³/mol. The van der Waals surface area contributed by atoms with Crippen LogP contribution in [0.3, 0.4) is 0 Å². The summed E-state index contributed by atoms with van der Waals surface area (Å²) in [6.45, 7) is 8.86. The highest BCUT2D eigenvalue weighted by Crippen LogP contribution is 2.26. The summed E-state index contributed by atoms with van der Waals surface area (Å²) in [5, 5.41) is 14.5. The fourth-order valence-corrected chi connectivity index (χ4v) is 3.30. The Morgan fingerprint density at radius 1 is 1.36 bits per heavy atom. The quantitative estimate of drug-likeness (QED) is 0.654. The molecule has 0 aliphatic rings. The number of aromatic nitrogens is 1. The predicted octanol–water partition coefficient (Wildman–Crippen LogP) is 2.85. The Bertz CT molecular complexity index is 728. The van der Waals surface area contributed by atoms with E-state index in [4.69, 9.17) is 5.73 Å². The molecule has 2 rings (SSSR count). The number of carbonyl (C=O) groups is 1. The Morgan fingerprint density at radius 2 is 2.04 bits per heavy atom. The fraction of sp³-hybridized carbons (Fsp3) is 0.550. The van der Waals surface area contributed by atoms with Crippen LogP contribution in [0.2, 0.25) is 0 Å². The summed E-state index contributed by atoms with van der Waals surface area (Å²) in [5.41, 5.74) is 8.15. The first kappa shape index (κ1) is 19.5. The SMILES string of the molecule is Cc1c(CNC(C)CCCC(C)(C)O)c2ccccc2n1CC(N)=O. The van der Waals surface area contributed by atoms with Gasteiger partial charge in [-0.25, -0.2) is 0 Å². The molecular formula is C20H31N3O2. The van der Waals surface area contributed by atoms with Crippen LogP contribution in [0.25, 0.3) is 10.9 Å². The number of rotatable bonds is 9. The van der Waals surface area contributed by atoms with Gasteiger partial charge in [-0.15, -0.1) is 0 Å². The second-order valence-corrected chi connectivity index (χ2v) is 7.62. The number of para-hydroxylation sites is 1. The number of hydrogen-bond acceptors (Lipinski definition) is 3. The van der Waals surface area contributed by atoms with Crippen molar-refractivity contribution in [1.29, 1.82) is 0 Å². The second-order valence-electron chi connectivity index (χ2n) is 7.62. The van der Waals surface area contributed by atoms with Gasteiger partial charge in [-0.3, -0.25) is 4.79 Å². The molecule has 25 heavy (non-hydrogen) atoms. The average Bonchev–Trinajstić information content (AvgIpc) is 2.76. The molecule has 0 saturated heterocycles. The molecule has 4 N–H and O–H groups in total. The van der Waals surface area contributed by atoms with Crippen LogP contribution in [0.15, 0.2) is 24.3 Å². The van der Waals surface area contributed by atoms with Gasteiger partial charge in [-0.2, -0.15) is 0 Å². The number of nitrogens with one attached hydrogen (secondary N) is 1. The van der Waals surface area contributed by atoms with Crippen molar-refractivity contribution in [2.24, 2.45) is 5.73 Å². The van der Waals surface area contributed by atoms with Crippen LogP contribution >= 0.6 is 0 Å². The Labute approximate surface area is 150 Å². The molecule has 1 amide bonds. The van der Waals surface area contributed by atoms with Crippen molar-refractivity contribution in [1.82, 2.24) is 9.88 Å². The standard InChI is InChI=1S/C20H31N3O2/c1-14(8-7-11-20(3,4)25)22-12-17-15(2)23(13-19(21)24)18-10-6-5-9-16(17)18/h5-6,9-10,14,22,25H,7-8,11-13H2,1-4H3,(H2,21,24). The minimum atomic E-state index is -0.599. The summed E-state index contributed by atoms with van der Waals surface area (Å²) in [4.78, 5) is 11.4. The molecule has 1 aromatic heterocycles. The topological polar surface area (TPSA) is 80.3 Å². The van der Waals surface area contributed by atoms with Crippen LogP contribution in [0.1, 0.15) is 51.3 Å². The average molecular weight is 345 g/mol. The van der Waals surface area contributed by atoms with Gasteiger partial charge in [-0.05, 0) is 58.6 Å². The van der Waals surface area contributed by atoms with Crippen molar-refractivity contribution in [2.75, 3.05) is 0 Å². The van der Waals surface area contributed by atoms with E-state index < -0.39 is 5.60 Å². The lowest BCUT2D eigenvalue weighted by atomic mass is 9.99. The maximum Gasteiger partial charge on any atom is 0.237 e. The molecule has 1 unspecified atom stereocenters. The largest absolute Gasteiger partial charge is 0.390 e. The highest BCUT2D eigenvalue weighted by Gasteiger charge is 2.16. The molecule has 0 aliphatic heterocycles. The van der Waals surface area contributed by atoms with E-state index in [1.807, 2.05) is 43.5 Å². The minimum absolute atomic E-state index is 0.202. The summed E-state index contributed by atoms with van der Waals surface area (Å²) in [6, 6.07) is 8.49. The van der Waals surface area contributed by atoms with Gasteiger partial charge in [0, 0.05) is 29.2 Å². The first-order valence-corrected chi connectivity index (χ1v) is 9.00. The number of aliphatic hydroxyl groups is 1. The number of primary amides is 1. The Kier molecular flexibility index (Phi) is 6.25. The van der Waals surface area contributed by atoms with Crippen molar-refractivity contribution in [2.45, 2.75) is 71.7 Å². The summed E-state index contributed by atoms with van der Waals surface area (Å²) < 4.78 is 1.99. The number of carbonyl (C=O) groups excluding carboxylic acids is 1. The van der Waals surface area contributed by atoms with Gasteiger partial charge in [0.05, 0.1) is 5.60 Å². The first-order chi connectivity index (χ1) is 11.7. The minimum Gasteiger partial charge on any atom is -0.390 e. The van der Waals surface area contributed by atoms with Gasteiger partial charge < -0.3 is 20.7 Å². The molecule has 1 atom stereocenters. The number of fused-ring (bicyclic) bond motifs is 1. The number of nitrogens with zero attached hydrogens (tertiary/aromatic N) is 1. The smallest absolute Gasteiger partial charge is 0.237 e. The van der Waals surface area contributed by atoms with E-state index in [0.717, 1.165) is 42.4 Å². The van der Waals surface area contributed by atoms with E-state index in [0.29, 0.717) is 6.04 Å². The van der Waals surface area contributed by atoms with Gasteiger partial charge in [-0.1, -0.05) is 18.2 Å². The van der Waals surface area contributed by atoms with Crippen LogP contribution in [0.4, 0.5) is 0 Å². The van der Waals surface area contributed by atoms with E-state index >= 15 is 0 Å². The lowest BCUT2D eigenvalue weighted by molar-refractivity contribution is -0.118. The highest BCUT2D eigenvalue weighted by atomic mass is 16.3. The molecule has 5 heteroatoms. The second kappa shape index (κ2) is 8.02. The number of amides is 1. The third-order valence-corrected chi connectivity index (χ3v) is 4.73. The third kappa shape index (κ3) is 5.31. The normalized spacial score (nSPS) is 13.3. The molecule has 1 heterocycles. The van der Waals surface area contributed by atoms with E-state index in [1.165, 1.54) is 5.56 Å². The summed E-state index contributed by atoms with van der Waals surface area (Å²) >= 11 is 0. The van der Waals surface area contributed by atoms with Gasteiger partial charge in [0.15, 0.2) is 0 Å². The molecule has 0 fully saturated rings. The summed E-state index contributed by atoms with van der Waals surface area (Å²) in [7, 11) is 0. The molecule has 0 spiro atoms. The van der Waals surface area contributed by atoms with Gasteiger partial charge in [0.25, 0.3) is 0 Å². The Hall–Kier alpha value is -1.85. The Morgan fingerprint density at radius 3 is 2.68 bits per heavy atom. The third-order valence-electron chi connectivity index (χ3n) is 4.73. The zero-order valence-electron chi connectivity index (χ0n) is 15.8. The zero-order chi connectivity index (χ0) is 18.6. The van der Waals surface area contributed by atoms with Crippen molar-refractivity contribution in [3.8, 4) is 0 Å². The molecule has 2 aromatic rings. The van der Waals surface area contributed by atoms with Crippen LogP contribution < -0.4 is 11.1 Å². The van der Waals surface area contributed by atoms with Gasteiger partial charge in [0.2, 0.25) is 5.91 Å². The molecule has 138 valence electrons. The van der Waals surface area contributed by atoms with E-state index in [9.17, 15) is 9.90 Å². The van der Waals surface area contributed by atoms with Crippen LogP contribution in [-0.2, 0) is 17.9 Å². The van der Waals surface area contributed by atoms with E-state index in [1.54, 1.807) is 0 Å². The molecule has 1 aromatic carbocycles. The van der Waals surface area contributed by atoms with Crippen molar-refractivity contribution in [3.05, 3.63) is 35.5 Å². The molecular weight excluding hydrogens is 314 g/mol. The molecule has 0 aliphatic carbocycles. The van der Waals surface area contributed by atoms with Crippen LogP contribution in [-0.4, -0.2) is 27.2 Å². The maximum absolute atomic E-state index is 11.4. The highest BCUT2D eigenvalue weighted by molar-refractivity contribution is 5.87. The monoisotopic (exact) mass is 345 g/mol. The molecule has 0 radical (unpaired) electrons. The fourth-order valence-electron chi connectivity index (χ4n) is 3.30. The maximum atomic E-state index is 11.4. The van der Waals surface area contributed by atoms with Crippen LogP contribution in [0, 0.1) is 6.92 Å². The summed E-state index contributed by atoms with van der Waals surface area (Å²) in [6.07, 6.45) is 2.80. The van der Waals surface area contributed by atoms with E-state index in [-0.39, 0.29) is 12.5 Å². The molecule has 0 bridgehead atoms. The van der Waals surface area contributed by atoms with Gasteiger partial charge >= 0.3 is 0 Å². The van der Waals surface area contributed by atoms with Gasteiger partial charge in [0.1, 0.15) is 6.54 Å². The van der Waals surface area contributed by atoms with Crippen molar-refractivity contribution in [3.63, 3.8) is 0 Å². The molecule has 5 nitrogen and oxygen atoms in total. The first-order valence-electron chi connectivity index (χ1n) is 9.00. The number of nitrogens with two attached hydrogens (primary N) is 1. The van der Waals surface area contributed by atoms with Crippen molar-refractivity contribution >= 4 is 16.8 Å². The Balaban J connectivity index is 2.08. The van der Waals surface area contributed by atoms with E-state index in [2.05, 4.69) is 18.3 Å². The lowest BCUT2D eigenvalue weighted by Gasteiger charge is -2.19. The van der Waals surface area contributed by atoms with Crippen molar-refractivity contribution < 1.29 is 9.90 Å². The lowest BCUT2D eigenvalue weighted by Crippen LogP contribution is -2.27. The zero-order valence-corrected chi connectivity index (χ0v) is 15.8. The van der Waals surface area contributed by atoms with Crippen LogP contribution in [0.5, 0.6) is 0 Å². The number of hydrogen-bond donors (Lipinski definition) is 3. The number of benzene rings is 1. The molecule has 0 saturated carbocycles. The summed E-state index contributed by atoms with van der Waals surface area (Å²) in [5.74, 6) is -0.330.